The molecule has 4 nitrogen and oxygen atoms in total. The second kappa shape index (κ2) is 9.13. The van der Waals surface area contributed by atoms with Gasteiger partial charge in [0.25, 0.3) is 0 Å². The Balaban J connectivity index is 1.77. The van der Waals surface area contributed by atoms with Crippen LogP contribution >= 0.6 is 11.8 Å². The minimum Gasteiger partial charge on any atom is -0.462 e. The monoisotopic (exact) mass is 343 g/mol. The molecule has 0 aliphatic carbocycles. The number of nitrogens with one attached hydrogen (secondary N) is 1. The maximum absolute atomic E-state index is 12.0. The van der Waals surface area contributed by atoms with Crippen LogP contribution in [0, 0.1) is 6.92 Å². The maximum Gasteiger partial charge on any atom is 0.338 e. The molecule has 0 unspecified atom stereocenters. The topological polar surface area (TPSA) is 55.4 Å². The molecule has 0 heterocycles. The molecular formula is C19H21NO3S. The second-order valence-corrected chi connectivity index (χ2v) is 6.31. The molecule has 2 aromatic rings. The van der Waals surface area contributed by atoms with E-state index in [2.05, 4.69) is 36.5 Å². The summed E-state index contributed by atoms with van der Waals surface area (Å²) in [5.41, 5.74) is 3.58. The number of carbonyl (C=O) groups excluding carboxylic acids is 2. The zero-order chi connectivity index (χ0) is 17.4. The summed E-state index contributed by atoms with van der Waals surface area (Å²) in [5.74, 6) is 0.767. The van der Waals surface area contributed by atoms with Gasteiger partial charge >= 0.3 is 5.97 Å². The molecular weight excluding hydrogens is 322 g/mol. The van der Waals surface area contributed by atoms with Gasteiger partial charge in [-0.1, -0.05) is 29.8 Å². The number of rotatable bonds is 7. The Morgan fingerprint density at radius 3 is 2.33 bits per heavy atom. The lowest BCUT2D eigenvalue weighted by Crippen LogP contribution is -2.14. The van der Waals surface area contributed by atoms with E-state index in [0.29, 0.717) is 23.6 Å². The van der Waals surface area contributed by atoms with Crippen molar-refractivity contribution in [1.82, 2.24) is 0 Å². The molecule has 0 radical (unpaired) electrons. The van der Waals surface area contributed by atoms with Gasteiger partial charge in [0.2, 0.25) is 5.91 Å². The normalized spacial score (nSPS) is 10.2. The highest BCUT2D eigenvalue weighted by molar-refractivity contribution is 7.99. The third-order valence-corrected chi connectivity index (χ3v) is 4.31. The summed E-state index contributed by atoms with van der Waals surface area (Å²) in [7, 11) is 0. The summed E-state index contributed by atoms with van der Waals surface area (Å²) >= 11 is 1.57. The first-order valence-corrected chi connectivity index (χ1v) is 8.94. The molecule has 0 spiro atoms. The Kier molecular flexibility index (Phi) is 6.88. The molecule has 0 aliphatic rings. The van der Waals surface area contributed by atoms with Gasteiger partial charge in [0.05, 0.1) is 17.9 Å². The van der Waals surface area contributed by atoms with E-state index in [1.807, 2.05) is 0 Å². The van der Waals surface area contributed by atoms with Crippen molar-refractivity contribution < 1.29 is 14.3 Å². The lowest BCUT2D eigenvalue weighted by Gasteiger charge is -2.07. The quantitative estimate of drug-likeness (QED) is 0.771. The lowest BCUT2D eigenvalue weighted by atomic mass is 10.2. The molecule has 0 atom stereocenters. The summed E-state index contributed by atoms with van der Waals surface area (Å²) < 4.78 is 4.92. The van der Waals surface area contributed by atoms with Gasteiger partial charge in [-0.05, 0) is 43.7 Å². The van der Waals surface area contributed by atoms with Crippen LogP contribution in [-0.4, -0.2) is 24.2 Å². The molecule has 2 rings (SSSR count). The number of esters is 1. The highest BCUT2D eigenvalue weighted by Gasteiger charge is 2.07. The number of anilines is 1. The number of benzene rings is 2. The van der Waals surface area contributed by atoms with Gasteiger partial charge in [-0.2, -0.15) is 0 Å². The number of hydrogen-bond acceptors (Lipinski definition) is 4. The van der Waals surface area contributed by atoms with Crippen molar-refractivity contribution in [2.24, 2.45) is 0 Å². The molecule has 2 aromatic carbocycles. The molecule has 0 fully saturated rings. The molecule has 0 saturated carbocycles. The zero-order valence-electron chi connectivity index (χ0n) is 13.9. The van der Waals surface area contributed by atoms with E-state index < -0.39 is 0 Å². The predicted molar refractivity (Wildman–Crippen MR) is 98.4 cm³/mol. The first kappa shape index (κ1) is 18.1. The van der Waals surface area contributed by atoms with Crippen molar-refractivity contribution >= 4 is 29.3 Å². The van der Waals surface area contributed by atoms with Crippen LogP contribution in [0.2, 0.25) is 0 Å². The zero-order valence-corrected chi connectivity index (χ0v) is 14.7. The number of aryl methyl sites for hydroxylation is 1. The van der Waals surface area contributed by atoms with Crippen molar-refractivity contribution in [3.05, 3.63) is 65.2 Å². The summed E-state index contributed by atoms with van der Waals surface area (Å²) in [5, 5.41) is 2.82. The largest absolute Gasteiger partial charge is 0.462 e. The fraction of sp³-hybridized carbons (Fsp3) is 0.263. The average molecular weight is 343 g/mol. The Bertz CT molecular complexity index is 681. The summed E-state index contributed by atoms with van der Waals surface area (Å²) in [6.45, 7) is 4.16. The van der Waals surface area contributed by atoms with Crippen LogP contribution in [-0.2, 0) is 15.3 Å². The third-order valence-electron chi connectivity index (χ3n) is 3.30. The molecule has 1 amide bonds. The number of carbonyl (C=O) groups is 2. The molecule has 5 heteroatoms. The minimum absolute atomic E-state index is 0.0593. The Morgan fingerprint density at radius 1 is 1.04 bits per heavy atom. The van der Waals surface area contributed by atoms with Crippen molar-refractivity contribution in [1.29, 1.82) is 0 Å². The van der Waals surface area contributed by atoms with Gasteiger partial charge < -0.3 is 10.1 Å². The lowest BCUT2D eigenvalue weighted by molar-refractivity contribution is -0.113. The summed E-state index contributed by atoms with van der Waals surface area (Å²) in [6, 6.07) is 15.0. The van der Waals surface area contributed by atoms with Crippen LogP contribution in [0.4, 0.5) is 5.69 Å². The third kappa shape index (κ3) is 5.74. The van der Waals surface area contributed by atoms with Gasteiger partial charge in [0.15, 0.2) is 0 Å². The minimum atomic E-state index is -0.357. The van der Waals surface area contributed by atoms with Gasteiger partial charge in [-0.25, -0.2) is 4.79 Å². The van der Waals surface area contributed by atoms with E-state index in [-0.39, 0.29) is 11.9 Å². The fourth-order valence-electron chi connectivity index (χ4n) is 2.05. The van der Waals surface area contributed by atoms with E-state index >= 15 is 0 Å². The molecule has 1 N–H and O–H groups in total. The molecule has 0 aromatic heterocycles. The first-order valence-electron chi connectivity index (χ1n) is 7.79. The fourth-order valence-corrected chi connectivity index (χ4v) is 2.83. The molecule has 126 valence electrons. The molecule has 0 saturated heterocycles. The Morgan fingerprint density at radius 2 is 1.71 bits per heavy atom. The number of ether oxygens (including phenoxy) is 1. The Hall–Kier alpha value is -2.27. The van der Waals surface area contributed by atoms with E-state index in [1.165, 1.54) is 11.1 Å². The summed E-state index contributed by atoms with van der Waals surface area (Å²) in [6.07, 6.45) is 0. The van der Waals surface area contributed by atoms with Crippen LogP contribution in [0.1, 0.15) is 28.4 Å². The molecule has 0 bridgehead atoms. The van der Waals surface area contributed by atoms with Crippen LogP contribution in [0.25, 0.3) is 0 Å². The van der Waals surface area contributed by atoms with Crippen molar-refractivity contribution in [3.63, 3.8) is 0 Å². The van der Waals surface area contributed by atoms with Crippen molar-refractivity contribution in [2.75, 3.05) is 17.7 Å². The maximum atomic E-state index is 12.0. The SMILES string of the molecule is CCOC(=O)c1ccc(NC(=O)CSCc2ccc(C)cc2)cc1. The summed E-state index contributed by atoms with van der Waals surface area (Å²) in [4.78, 5) is 23.5. The van der Waals surface area contributed by atoms with E-state index in [0.717, 1.165) is 5.75 Å². The standard InChI is InChI=1S/C19H21NO3S/c1-3-23-19(22)16-8-10-17(11-9-16)20-18(21)13-24-12-15-6-4-14(2)5-7-15/h4-11H,3,12-13H2,1-2H3,(H,20,21). The Labute approximate surface area is 146 Å². The van der Waals surface area contributed by atoms with Crippen LogP contribution in [0.15, 0.2) is 48.5 Å². The van der Waals surface area contributed by atoms with Crippen LogP contribution in [0.5, 0.6) is 0 Å². The van der Waals surface area contributed by atoms with Gasteiger partial charge in [0, 0.05) is 11.4 Å². The molecule has 24 heavy (non-hydrogen) atoms. The van der Waals surface area contributed by atoms with Crippen molar-refractivity contribution in [2.45, 2.75) is 19.6 Å². The van der Waals surface area contributed by atoms with Gasteiger partial charge in [-0.3, -0.25) is 4.79 Å². The number of thioether (sulfide) groups is 1. The highest BCUT2D eigenvalue weighted by atomic mass is 32.2. The van der Waals surface area contributed by atoms with E-state index in [9.17, 15) is 9.59 Å². The smallest absolute Gasteiger partial charge is 0.338 e. The van der Waals surface area contributed by atoms with Crippen LogP contribution in [0.3, 0.4) is 0 Å². The average Bonchev–Trinajstić information content (AvgIpc) is 2.57. The van der Waals surface area contributed by atoms with Crippen molar-refractivity contribution in [3.8, 4) is 0 Å². The van der Waals surface area contributed by atoms with E-state index in [1.54, 1.807) is 43.0 Å². The predicted octanol–water partition coefficient (Wildman–Crippen LogP) is 4.04. The van der Waals surface area contributed by atoms with Gasteiger partial charge in [0.1, 0.15) is 0 Å². The number of amides is 1. The van der Waals surface area contributed by atoms with Gasteiger partial charge in [-0.15, -0.1) is 11.8 Å². The molecule has 0 aliphatic heterocycles. The highest BCUT2D eigenvalue weighted by Crippen LogP contribution is 2.15. The number of hydrogen-bond donors (Lipinski definition) is 1. The van der Waals surface area contributed by atoms with Crippen LogP contribution < -0.4 is 5.32 Å². The second-order valence-electron chi connectivity index (χ2n) is 5.32. The first-order chi connectivity index (χ1) is 11.6. The van der Waals surface area contributed by atoms with E-state index in [4.69, 9.17) is 4.74 Å².